The Hall–Kier alpha value is -3.49. The maximum Gasteiger partial charge on any atom is 0.245 e. The molecule has 0 aromatic carbocycles. The molecule has 5 heterocycles. The Balaban J connectivity index is 1.29. The summed E-state index contributed by atoms with van der Waals surface area (Å²) in [6.45, 7) is 2.56. The average Bonchev–Trinajstić information content (AvgIpc) is 3.65. The highest BCUT2D eigenvalue weighted by atomic mass is 16.2. The van der Waals surface area contributed by atoms with Gasteiger partial charge in [0, 0.05) is 49.2 Å². The molecule has 3 aliphatic rings. The van der Waals surface area contributed by atoms with Gasteiger partial charge < -0.3 is 15.1 Å². The predicted octanol–water partition coefficient (Wildman–Crippen LogP) is 3.09. The highest BCUT2D eigenvalue weighted by molar-refractivity contribution is 5.85. The highest BCUT2D eigenvalue weighted by Gasteiger charge is 2.37. The summed E-state index contributed by atoms with van der Waals surface area (Å²) in [6, 6.07) is 5.71. The zero-order chi connectivity index (χ0) is 22.2. The minimum atomic E-state index is -0.155. The van der Waals surface area contributed by atoms with Gasteiger partial charge in [-0.25, -0.2) is 4.98 Å². The van der Waals surface area contributed by atoms with Crippen molar-refractivity contribution in [2.24, 2.45) is 0 Å². The van der Waals surface area contributed by atoms with Crippen LogP contribution in [0.25, 0.3) is 11.3 Å². The molecule has 33 heavy (non-hydrogen) atoms. The molecular weight excluding hydrogens is 416 g/mol. The molecule has 6 rings (SSSR count). The first-order valence-electron chi connectivity index (χ1n) is 11.9. The quantitative estimate of drug-likeness (QED) is 0.623. The van der Waals surface area contributed by atoms with Crippen molar-refractivity contribution in [3.8, 4) is 11.3 Å². The van der Waals surface area contributed by atoms with E-state index in [0.717, 1.165) is 92.9 Å². The second kappa shape index (κ2) is 8.46. The van der Waals surface area contributed by atoms with Crippen LogP contribution in [0.3, 0.4) is 0 Å². The van der Waals surface area contributed by atoms with Crippen LogP contribution in [0.4, 0.5) is 17.6 Å². The molecule has 9 nitrogen and oxygen atoms in total. The number of amides is 1. The molecule has 1 atom stereocenters. The molecule has 0 unspecified atom stereocenters. The van der Waals surface area contributed by atoms with E-state index in [0.29, 0.717) is 11.8 Å². The first-order valence-corrected chi connectivity index (χ1v) is 11.9. The maximum atomic E-state index is 13.2. The molecule has 3 aromatic heterocycles. The Labute approximate surface area is 192 Å². The van der Waals surface area contributed by atoms with Gasteiger partial charge in [-0.05, 0) is 57.1 Å². The van der Waals surface area contributed by atoms with Gasteiger partial charge in [0.2, 0.25) is 11.9 Å². The van der Waals surface area contributed by atoms with Gasteiger partial charge in [0.25, 0.3) is 0 Å². The largest absolute Gasteiger partial charge is 0.341 e. The molecule has 1 aliphatic carbocycles. The number of fused-ring (bicyclic) bond motifs is 1. The van der Waals surface area contributed by atoms with E-state index in [1.807, 2.05) is 29.3 Å². The third kappa shape index (κ3) is 3.81. The predicted molar refractivity (Wildman–Crippen MR) is 125 cm³/mol. The first-order chi connectivity index (χ1) is 16.3. The Morgan fingerprint density at radius 3 is 2.85 bits per heavy atom. The number of aromatic amines is 1. The number of carbonyl (C=O) groups is 1. The van der Waals surface area contributed by atoms with Gasteiger partial charge >= 0.3 is 0 Å². The van der Waals surface area contributed by atoms with Crippen LogP contribution in [0.5, 0.6) is 0 Å². The third-order valence-corrected chi connectivity index (χ3v) is 6.93. The van der Waals surface area contributed by atoms with Gasteiger partial charge in [-0.3, -0.25) is 14.9 Å². The fourth-order valence-electron chi connectivity index (χ4n) is 5.24. The average molecular weight is 445 g/mol. The molecule has 2 saturated heterocycles. The Morgan fingerprint density at radius 1 is 1.09 bits per heavy atom. The lowest BCUT2D eigenvalue weighted by molar-refractivity contribution is -0.131. The number of likely N-dealkylation sites (tertiary alicyclic amines) is 1. The zero-order valence-corrected chi connectivity index (χ0v) is 18.6. The number of H-pyrrole nitrogens is 1. The number of carbonyl (C=O) groups excluding carboxylic acids is 1. The lowest BCUT2D eigenvalue weighted by Crippen LogP contribution is -2.45. The monoisotopic (exact) mass is 444 g/mol. The molecule has 0 radical (unpaired) electrons. The molecule has 170 valence electrons. The van der Waals surface area contributed by atoms with Crippen molar-refractivity contribution >= 4 is 23.5 Å². The van der Waals surface area contributed by atoms with E-state index in [4.69, 9.17) is 9.97 Å². The molecule has 1 amide bonds. The lowest BCUT2D eigenvalue weighted by Gasteiger charge is -2.28. The van der Waals surface area contributed by atoms with E-state index in [2.05, 4.69) is 25.4 Å². The number of anilines is 3. The van der Waals surface area contributed by atoms with Crippen molar-refractivity contribution in [2.75, 3.05) is 29.9 Å². The highest BCUT2D eigenvalue weighted by Crippen LogP contribution is 2.33. The molecule has 2 N–H and O–H groups in total. The van der Waals surface area contributed by atoms with E-state index in [1.54, 1.807) is 6.20 Å². The number of nitrogens with one attached hydrogen (secondary N) is 2. The van der Waals surface area contributed by atoms with Crippen LogP contribution in [-0.4, -0.2) is 61.6 Å². The summed E-state index contributed by atoms with van der Waals surface area (Å²) in [5, 5.41) is 10.9. The summed E-state index contributed by atoms with van der Waals surface area (Å²) >= 11 is 0. The number of aromatic nitrogens is 5. The van der Waals surface area contributed by atoms with Crippen molar-refractivity contribution in [3.63, 3.8) is 0 Å². The van der Waals surface area contributed by atoms with E-state index in [9.17, 15) is 4.79 Å². The van der Waals surface area contributed by atoms with E-state index in [-0.39, 0.29) is 11.9 Å². The minimum absolute atomic E-state index is 0.155. The zero-order valence-electron chi connectivity index (χ0n) is 18.6. The van der Waals surface area contributed by atoms with Crippen LogP contribution in [0.2, 0.25) is 0 Å². The smallest absolute Gasteiger partial charge is 0.245 e. The van der Waals surface area contributed by atoms with Gasteiger partial charge in [-0.1, -0.05) is 0 Å². The molecule has 0 spiro atoms. The number of aryl methyl sites for hydroxylation is 1. The van der Waals surface area contributed by atoms with Gasteiger partial charge in [0.1, 0.15) is 11.9 Å². The van der Waals surface area contributed by atoms with Crippen molar-refractivity contribution < 1.29 is 4.79 Å². The number of nitrogens with zero attached hydrogens (tertiary/aromatic N) is 6. The van der Waals surface area contributed by atoms with Crippen molar-refractivity contribution in [1.82, 2.24) is 30.0 Å². The fraction of sp³-hybridized carbons (Fsp3) is 0.458. The summed E-state index contributed by atoms with van der Waals surface area (Å²) in [5.74, 6) is 2.41. The SMILES string of the molecule is O=C([C@H]1CCCN1c1nc2c(c(Nc3cc(-c4cccnc4)[nH]n3)n1)CCC2)N1CCCC1. The van der Waals surface area contributed by atoms with Crippen LogP contribution in [0.1, 0.15) is 43.4 Å². The topological polar surface area (TPSA) is 103 Å². The van der Waals surface area contributed by atoms with Crippen LogP contribution in [0, 0.1) is 0 Å². The van der Waals surface area contributed by atoms with Crippen LogP contribution in [-0.2, 0) is 17.6 Å². The maximum absolute atomic E-state index is 13.2. The number of rotatable bonds is 5. The van der Waals surface area contributed by atoms with E-state index >= 15 is 0 Å². The lowest BCUT2D eigenvalue weighted by atomic mass is 10.2. The van der Waals surface area contributed by atoms with E-state index in [1.165, 1.54) is 0 Å². The van der Waals surface area contributed by atoms with Crippen LogP contribution in [0.15, 0.2) is 30.6 Å². The van der Waals surface area contributed by atoms with Crippen molar-refractivity contribution in [2.45, 2.75) is 51.0 Å². The van der Waals surface area contributed by atoms with Gasteiger partial charge in [0.15, 0.2) is 5.82 Å². The standard InChI is InChI=1S/C24H28N8O/c33-23(31-11-1-2-12-31)20-9-5-13-32(20)24-26-18-8-3-7-17(18)22(28-24)27-21-14-19(29-30-21)16-6-4-10-25-15-16/h4,6,10,14-15,20H,1-3,5,7-9,11-13H2,(H2,26,27,28,29,30)/t20-/m1/s1. The molecule has 3 aromatic rings. The first kappa shape index (κ1) is 20.1. The molecule has 2 fully saturated rings. The Kier molecular flexibility index (Phi) is 5.16. The summed E-state index contributed by atoms with van der Waals surface area (Å²) in [4.78, 5) is 31.3. The summed E-state index contributed by atoms with van der Waals surface area (Å²) < 4.78 is 0. The van der Waals surface area contributed by atoms with Crippen LogP contribution < -0.4 is 10.2 Å². The fourth-order valence-corrected chi connectivity index (χ4v) is 5.24. The van der Waals surface area contributed by atoms with Crippen LogP contribution >= 0.6 is 0 Å². The second-order valence-electron chi connectivity index (χ2n) is 9.07. The summed E-state index contributed by atoms with van der Waals surface area (Å²) in [5.41, 5.74) is 4.12. The van der Waals surface area contributed by atoms with Crippen molar-refractivity contribution in [3.05, 3.63) is 41.9 Å². The second-order valence-corrected chi connectivity index (χ2v) is 9.07. The summed E-state index contributed by atoms with van der Waals surface area (Å²) in [6.07, 6.45) is 10.6. The van der Waals surface area contributed by atoms with Gasteiger partial charge in [-0.2, -0.15) is 10.1 Å². The molecular formula is C24H28N8O. The minimum Gasteiger partial charge on any atom is -0.341 e. The molecule has 2 aliphatic heterocycles. The number of pyridine rings is 1. The Morgan fingerprint density at radius 2 is 2.00 bits per heavy atom. The van der Waals surface area contributed by atoms with Crippen molar-refractivity contribution in [1.29, 1.82) is 0 Å². The molecule has 0 bridgehead atoms. The number of hydrogen-bond donors (Lipinski definition) is 2. The van der Waals surface area contributed by atoms with E-state index < -0.39 is 0 Å². The normalized spacial score (nSPS) is 19.8. The number of hydrogen-bond acceptors (Lipinski definition) is 7. The summed E-state index contributed by atoms with van der Waals surface area (Å²) in [7, 11) is 0. The van der Waals surface area contributed by atoms with Gasteiger partial charge in [-0.15, -0.1) is 0 Å². The molecule has 9 heteroatoms. The molecule has 0 saturated carbocycles. The van der Waals surface area contributed by atoms with Gasteiger partial charge in [0.05, 0.1) is 11.4 Å². The Bertz CT molecular complexity index is 1150. The third-order valence-electron chi connectivity index (χ3n) is 6.93.